The summed E-state index contributed by atoms with van der Waals surface area (Å²) in [6.07, 6.45) is 0.539. The predicted octanol–water partition coefficient (Wildman–Crippen LogP) is 1.72. The molecule has 0 radical (unpaired) electrons. The van der Waals surface area contributed by atoms with E-state index in [1.54, 1.807) is 6.92 Å². The molecule has 8 heteroatoms. The number of amides is 1. The molecule has 1 aliphatic rings. The number of hydrogen-bond donors (Lipinski definition) is 1. The normalized spacial score (nSPS) is 16.5. The maximum Gasteiger partial charge on any atom is 0.409 e. The molecule has 122 valence electrons. The van der Waals surface area contributed by atoms with Gasteiger partial charge in [-0.15, -0.1) is 0 Å². The molecule has 22 heavy (non-hydrogen) atoms. The van der Waals surface area contributed by atoms with Crippen LogP contribution < -0.4 is 4.72 Å². The second-order valence-corrected chi connectivity index (χ2v) is 6.69. The molecule has 1 aromatic carbocycles. The molecule has 6 nitrogen and oxygen atoms in total. The summed E-state index contributed by atoms with van der Waals surface area (Å²) in [5, 5.41) is 0. The van der Waals surface area contributed by atoms with Crippen LogP contribution in [0.5, 0.6) is 0 Å². The fourth-order valence-corrected chi connectivity index (χ4v) is 3.72. The van der Waals surface area contributed by atoms with Gasteiger partial charge in [0, 0.05) is 19.1 Å². The molecule has 1 N–H and O–H groups in total. The lowest BCUT2D eigenvalue weighted by molar-refractivity contribution is 0.0966. The molecule has 2 rings (SSSR count). The minimum atomic E-state index is -3.90. The van der Waals surface area contributed by atoms with Gasteiger partial charge >= 0.3 is 6.09 Å². The first kappa shape index (κ1) is 16.7. The average Bonchev–Trinajstić information content (AvgIpc) is 2.48. The van der Waals surface area contributed by atoms with E-state index in [2.05, 4.69) is 4.72 Å². The number of halogens is 1. The second kappa shape index (κ2) is 7.06. The molecule has 0 atom stereocenters. The monoisotopic (exact) mass is 330 g/mol. The summed E-state index contributed by atoms with van der Waals surface area (Å²) in [7, 11) is -3.90. The Bertz CT molecular complexity index is 627. The summed E-state index contributed by atoms with van der Waals surface area (Å²) in [5.41, 5.74) is 0. The quantitative estimate of drug-likeness (QED) is 0.912. The fourth-order valence-electron chi connectivity index (χ4n) is 2.34. The van der Waals surface area contributed by atoms with Crippen molar-refractivity contribution in [3.8, 4) is 0 Å². The van der Waals surface area contributed by atoms with Crippen LogP contribution in [-0.2, 0) is 14.8 Å². The van der Waals surface area contributed by atoms with Gasteiger partial charge in [-0.05, 0) is 31.9 Å². The molecular formula is C14H19FN2O4S. The standard InChI is InChI=1S/C14H19FN2O4S/c1-2-21-14(18)17-9-7-11(8-10-17)16-22(19,20)13-6-4-3-5-12(13)15/h3-6,11,16H,2,7-10H2,1H3. The maximum atomic E-state index is 13.6. The van der Waals surface area contributed by atoms with Gasteiger partial charge in [0.25, 0.3) is 0 Å². The number of nitrogens with zero attached hydrogens (tertiary/aromatic N) is 1. The molecule has 0 aromatic heterocycles. The zero-order chi connectivity index (χ0) is 16.2. The highest BCUT2D eigenvalue weighted by molar-refractivity contribution is 7.89. The number of hydrogen-bond acceptors (Lipinski definition) is 4. The van der Waals surface area contributed by atoms with Crippen molar-refractivity contribution in [2.24, 2.45) is 0 Å². The third kappa shape index (κ3) is 3.95. The fraction of sp³-hybridized carbons (Fsp3) is 0.500. The van der Waals surface area contributed by atoms with Crippen LogP contribution in [0.2, 0.25) is 0 Å². The number of rotatable bonds is 4. The molecule has 1 fully saturated rings. The SMILES string of the molecule is CCOC(=O)N1CCC(NS(=O)(=O)c2ccccc2F)CC1. The Morgan fingerprint density at radius 3 is 2.59 bits per heavy atom. The minimum absolute atomic E-state index is 0.304. The maximum absolute atomic E-state index is 13.6. The Balaban J connectivity index is 1.96. The van der Waals surface area contributed by atoms with Crippen LogP contribution in [0, 0.1) is 5.82 Å². The van der Waals surface area contributed by atoms with Gasteiger partial charge < -0.3 is 9.64 Å². The number of sulfonamides is 1. The number of benzene rings is 1. The zero-order valence-electron chi connectivity index (χ0n) is 12.3. The summed E-state index contributed by atoms with van der Waals surface area (Å²) in [6.45, 7) is 2.85. The van der Waals surface area contributed by atoms with Gasteiger partial charge in [-0.1, -0.05) is 12.1 Å². The van der Waals surface area contributed by atoms with Crippen LogP contribution in [0.1, 0.15) is 19.8 Å². The molecular weight excluding hydrogens is 311 g/mol. The zero-order valence-corrected chi connectivity index (χ0v) is 13.1. The van der Waals surface area contributed by atoms with Crippen LogP contribution in [0.4, 0.5) is 9.18 Å². The van der Waals surface area contributed by atoms with E-state index in [0.717, 1.165) is 6.07 Å². The Morgan fingerprint density at radius 1 is 1.36 bits per heavy atom. The highest BCUT2D eigenvalue weighted by atomic mass is 32.2. The van der Waals surface area contributed by atoms with E-state index in [1.807, 2.05) is 0 Å². The van der Waals surface area contributed by atoms with E-state index in [0.29, 0.717) is 32.5 Å². The van der Waals surface area contributed by atoms with E-state index >= 15 is 0 Å². The van der Waals surface area contributed by atoms with E-state index in [4.69, 9.17) is 4.74 Å². The minimum Gasteiger partial charge on any atom is -0.450 e. The molecule has 0 aliphatic carbocycles. The summed E-state index contributed by atoms with van der Waals surface area (Å²) in [5.74, 6) is -0.779. The van der Waals surface area contributed by atoms with Crippen molar-refractivity contribution < 1.29 is 22.3 Å². The number of likely N-dealkylation sites (tertiary alicyclic amines) is 1. The second-order valence-electron chi connectivity index (χ2n) is 5.01. The number of piperidine rings is 1. The smallest absolute Gasteiger partial charge is 0.409 e. The van der Waals surface area contributed by atoms with E-state index in [9.17, 15) is 17.6 Å². The van der Waals surface area contributed by atoms with E-state index in [-0.39, 0.29) is 10.9 Å². The molecule has 0 unspecified atom stereocenters. The highest BCUT2D eigenvalue weighted by Crippen LogP contribution is 2.17. The molecule has 1 saturated heterocycles. The van der Waals surface area contributed by atoms with Crippen LogP contribution in [0.15, 0.2) is 29.2 Å². The van der Waals surface area contributed by atoms with Crippen LogP contribution in [0.25, 0.3) is 0 Å². The van der Waals surface area contributed by atoms with Crippen molar-refractivity contribution in [3.63, 3.8) is 0 Å². The summed E-state index contributed by atoms with van der Waals surface area (Å²) < 4.78 is 45.4. The topological polar surface area (TPSA) is 75.7 Å². The van der Waals surface area contributed by atoms with Crippen LogP contribution in [0.3, 0.4) is 0 Å². The summed E-state index contributed by atoms with van der Waals surface area (Å²) >= 11 is 0. The Labute approximate surface area is 129 Å². The predicted molar refractivity (Wildman–Crippen MR) is 78.3 cm³/mol. The van der Waals surface area contributed by atoms with Gasteiger partial charge in [0.15, 0.2) is 0 Å². The van der Waals surface area contributed by atoms with Gasteiger partial charge in [-0.3, -0.25) is 0 Å². The molecule has 0 bridgehead atoms. The van der Waals surface area contributed by atoms with Crippen molar-refractivity contribution in [1.82, 2.24) is 9.62 Å². The third-order valence-corrected chi connectivity index (χ3v) is 5.02. The van der Waals surface area contributed by atoms with Crippen molar-refractivity contribution in [2.45, 2.75) is 30.7 Å². The first-order chi connectivity index (χ1) is 10.4. The van der Waals surface area contributed by atoms with Crippen molar-refractivity contribution in [3.05, 3.63) is 30.1 Å². The number of nitrogens with one attached hydrogen (secondary N) is 1. The number of carbonyl (C=O) groups is 1. The molecule has 1 amide bonds. The Morgan fingerprint density at radius 2 is 2.00 bits per heavy atom. The summed E-state index contributed by atoms with van der Waals surface area (Å²) in [4.78, 5) is 12.8. The van der Waals surface area contributed by atoms with Gasteiger partial charge in [0.2, 0.25) is 10.0 Å². The Kier molecular flexibility index (Phi) is 5.36. The van der Waals surface area contributed by atoms with E-state index in [1.165, 1.54) is 23.1 Å². The van der Waals surface area contributed by atoms with Crippen LogP contribution >= 0.6 is 0 Å². The lowest BCUT2D eigenvalue weighted by Gasteiger charge is -2.31. The van der Waals surface area contributed by atoms with Crippen molar-refractivity contribution in [1.29, 1.82) is 0 Å². The molecule has 1 heterocycles. The molecule has 1 aromatic rings. The van der Waals surface area contributed by atoms with Crippen molar-refractivity contribution >= 4 is 16.1 Å². The lowest BCUT2D eigenvalue weighted by atomic mass is 10.1. The highest BCUT2D eigenvalue weighted by Gasteiger charge is 2.28. The first-order valence-corrected chi connectivity index (χ1v) is 8.61. The van der Waals surface area contributed by atoms with Gasteiger partial charge in [-0.25, -0.2) is 22.3 Å². The largest absolute Gasteiger partial charge is 0.450 e. The summed E-state index contributed by atoms with van der Waals surface area (Å²) in [6, 6.07) is 4.92. The molecule has 0 spiro atoms. The van der Waals surface area contributed by atoms with Gasteiger partial charge in [0.05, 0.1) is 6.61 Å². The molecule has 1 aliphatic heterocycles. The Hall–Kier alpha value is -1.67. The van der Waals surface area contributed by atoms with E-state index < -0.39 is 21.9 Å². The first-order valence-electron chi connectivity index (χ1n) is 7.12. The molecule has 0 saturated carbocycles. The number of carbonyl (C=O) groups excluding carboxylic acids is 1. The number of ether oxygens (including phenoxy) is 1. The van der Waals surface area contributed by atoms with Crippen molar-refractivity contribution in [2.75, 3.05) is 19.7 Å². The third-order valence-electron chi connectivity index (χ3n) is 3.47. The van der Waals surface area contributed by atoms with Gasteiger partial charge in [0.1, 0.15) is 10.7 Å². The van der Waals surface area contributed by atoms with Gasteiger partial charge in [-0.2, -0.15) is 0 Å². The average molecular weight is 330 g/mol. The van der Waals surface area contributed by atoms with Crippen LogP contribution in [-0.4, -0.2) is 45.1 Å². The lowest BCUT2D eigenvalue weighted by Crippen LogP contribution is -2.46.